The average molecular weight is 451 g/mol. The summed E-state index contributed by atoms with van der Waals surface area (Å²) in [5.74, 6) is -0.813. The van der Waals surface area contributed by atoms with Crippen molar-refractivity contribution in [1.82, 2.24) is 10.6 Å². The zero-order valence-electron chi connectivity index (χ0n) is 16.2. The van der Waals surface area contributed by atoms with Crippen LogP contribution in [0.3, 0.4) is 0 Å². The van der Waals surface area contributed by atoms with Gasteiger partial charge in [-0.1, -0.05) is 11.6 Å². The van der Waals surface area contributed by atoms with Gasteiger partial charge < -0.3 is 20.5 Å². The third-order valence-corrected chi connectivity index (χ3v) is 6.17. The van der Waals surface area contributed by atoms with E-state index in [1.807, 2.05) is 0 Å². The molecule has 3 N–H and O–H groups in total. The van der Waals surface area contributed by atoms with E-state index >= 15 is 0 Å². The highest BCUT2D eigenvalue weighted by Gasteiger charge is 2.26. The van der Waals surface area contributed by atoms with Crippen LogP contribution in [0.1, 0.15) is 45.7 Å². The van der Waals surface area contributed by atoms with E-state index in [9.17, 15) is 14.4 Å². The maximum atomic E-state index is 12.2. The van der Waals surface area contributed by atoms with E-state index in [1.165, 1.54) is 11.3 Å². The zero-order valence-corrected chi connectivity index (χ0v) is 17.8. The fraction of sp³-hybridized carbons (Fsp3) is 0.381. The van der Waals surface area contributed by atoms with Crippen molar-refractivity contribution in [2.24, 2.45) is 5.92 Å². The van der Waals surface area contributed by atoms with E-state index in [0.29, 0.717) is 59.3 Å². The number of amides is 2. The van der Waals surface area contributed by atoms with Gasteiger partial charge in [0.2, 0.25) is 0 Å². The molecule has 160 valence electrons. The molecule has 30 heavy (non-hydrogen) atoms. The minimum absolute atomic E-state index is 0.00196. The van der Waals surface area contributed by atoms with Gasteiger partial charge in [-0.2, -0.15) is 0 Å². The fourth-order valence-corrected chi connectivity index (χ4v) is 4.24. The van der Waals surface area contributed by atoms with Crippen molar-refractivity contribution in [3.05, 3.63) is 51.2 Å². The molecule has 2 amide bonds. The minimum Gasteiger partial charge on any atom is -0.490 e. The summed E-state index contributed by atoms with van der Waals surface area (Å²) in [5.41, 5.74) is 0.494. The summed E-state index contributed by atoms with van der Waals surface area (Å²) in [6.45, 7) is 0.606. The lowest BCUT2D eigenvalue weighted by molar-refractivity contribution is -0.143. The normalized spacial score (nSPS) is 18.4. The zero-order chi connectivity index (χ0) is 21.5. The Balaban J connectivity index is 1.38. The number of carboxylic acid groups (broad SMARTS) is 1. The van der Waals surface area contributed by atoms with Crippen LogP contribution in [0.4, 0.5) is 0 Å². The topological polar surface area (TPSA) is 105 Å². The van der Waals surface area contributed by atoms with Crippen molar-refractivity contribution in [2.45, 2.75) is 31.8 Å². The second-order valence-electron chi connectivity index (χ2n) is 7.07. The number of carbonyl (C=O) groups excluding carboxylic acids is 2. The summed E-state index contributed by atoms with van der Waals surface area (Å²) < 4.78 is 6.46. The average Bonchev–Trinajstić information content (AvgIpc) is 3.18. The number of hydrogen-bond acceptors (Lipinski definition) is 5. The molecule has 0 spiro atoms. The summed E-state index contributed by atoms with van der Waals surface area (Å²) in [6.07, 6.45) is 2.67. The molecule has 0 atom stereocenters. The molecule has 0 aliphatic heterocycles. The molecule has 1 fully saturated rings. The molecular formula is C21H23ClN2O5S. The number of thiophene rings is 1. The summed E-state index contributed by atoms with van der Waals surface area (Å²) in [4.78, 5) is 35.7. The lowest BCUT2D eigenvalue weighted by Crippen LogP contribution is -2.34. The molecule has 1 heterocycles. The van der Waals surface area contributed by atoms with Gasteiger partial charge in [0, 0.05) is 18.7 Å². The van der Waals surface area contributed by atoms with Crippen LogP contribution in [0.15, 0.2) is 36.4 Å². The number of carbonyl (C=O) groups is 3. The van der Waals surface area contributed by atoms with Gasteiger partial charge in [0.15, 0.2) is 0 Å². The van der Waals surface area contributed by atoms with Crippen LogP contribution in [0.5, 0.6) is 5.75 Å². The van der Waals surface area contributed by atoms with E-state index in [1.54, 1.807) is 36.4 Å². The molecule has 1 aromatic carbocycles. The first-order valence-corrected chi connectivity index (χ1v) is 10.9. The molecule has 7 nitrogen and oxygen atoms in total. The first kappa shape index (κ1) is 22.1. The minimum atomic E-state index is -0.737. The number of benzene rings is 1. The Hall–Kier alpha value is -2.58. The van der Waals surface area contributed by atoms with Crippen LogP contribution < -0.4 is 15.4 Å². The monoisotopic (exact) mass is 450 g/mol. The van der Waals surface area contributed by atoms with Crippen LogP contribution in [-0.4, -0.2) is 42.1 Å². The quantitative estimate of drug-likeness (QED) is 0.533. The number of nitrogens with one attached hydrogen (secondary N) is 2. The third kappa shape index (κ3) is 6.21. The molecule has 1 aliphatic rings. The first-order valence-electron chi connectivity index (χ1n) is 9.73. The van der Waals surface area contributed by atoms with Gasteiger partial charge in [-0.3, -0.25) is 14.4 Å². The third-order valence-electron chi connectivity index (χ3n) is 4.94. The van der Waals surface area contributed by atoms with Crippen LogP contribution in [0, 0.1) is 5.92 Å². The smallest absolute Gasteiger partial charge is 0.306 e. The van der Waals surface area contributed by atoms with Crippen LogP contribution >= 0.6 is 22.9 Å². The standard InChI is InChI=1S/C21H23ClN2O5S/c22-18-10-9-17(30-18)20(26)24-12-11-23-19(25)13-1-5-15(6-2-13)29-16-7-3-14(4-8-16)21(27)28/h1-2,5-6,9-10,14,16H,3-4,7-8,11-12H2,(H,23,25)(H,24,26)(H,27,28)/t14-,16+. The van der Waals surface area contributed by atoms with Gasteiger partial charge in [0.25, 0.3) is 11.8 Å². The number of rotatable bonds is 8. The van der Waals surface area contributed by atoms with Crippen molar-refractivity contribution in [3.8, 4) is 5.75 Å². The highest BCUT2D eigenvalue weighted by molar-refractivity contribution is 7.17. The van der Waals surface area contributed by atoms with Crippen molar-refractivity contribution >= 4 is 40.7 Å². The second-order valence-corrected chi connectivity index (χ2v) is 8.78. The number of aliphatic carboxylic acids is 1. The Morgan fingerprint density at radius 3 is 2.17 bits per heavy atom. The van der Waals surface area contributed by atoms with Crippen molar-refractivity contribution in [2.75, 3.05) is 13.1 Å². The van der Waals surface area contributed by atoms with Gasteiger partial charge in [0.1, 0.15) is 5.75 Å². The molecule has 2 aromatic rings. The Bertz CT molecular complexity index is 891. The lowest BCUT2D eigenvalue weighted by Gasteiger charge is -2.26. The molecule has 1 aromatic heterocycles. The van der Waals surface area contributed by atoms with Gasteiger partial charge in [-0.15, -0.1) is 11.3 Å². The van der Waals surface area contributed by atoms with Crippen molar-refractivity contribution in [3.63, 3.8) is 0 Å². The van der Waals surface area contributed by atoms with E-state index in [2.05, 4.69) is 10.6 Å². The Kier molecular flexibility index (Phi) is 7.70. The molecule has 9 heteroatoms. The first-order chi connectivity index (χ1) is 14.4. The molecular weight excluding hydrogens is 428 g/mol. The van der Waals surface area contributed by atoms with Crippen LogP contribution in [0.25, 0.3) is 0 Å². The van der Waals surface area contributed by atoms with E-state index < -0.39 is 5.97 Å². The summed E-state index contributed by atoms with van der Waals surface area (Å²) in [5, 5.41) is 14.5. The fourth-order valence-electron chi connectivity index (χ4n) is 3.28. The Morgan fingerprint density at radius 2 is 1.60 bits per heavy atom. The predicted molar refractivity (Wildman–Crippen MR) is 114 cm³/mol. The Labute approximate surface area is 183 Å². The summed E-state index contributed by atoms with van der Waals surface area (Å²) >= 11 is 7.01. The van der Waals surface area contributed by atoms with Gasteiger partial charge in [-0.25, -0.2) is 0 Å². The number of ether oxygens (including phenoxy) is 1. The largest absolute Gasteiger partial charge is 0.490 e. The summed E-state index contributed by atoms with van der Waals surface area (Å²) in [6, 6.07) is 10.2. The van der Waals surface area contributed by atoms with Gasteiger partial charge in [-0.05, 0) is 62.1 Å². The molecule has 3 rings (SSSR count). The Morgan fingerprint density at radius 1 is 0.967 bits per heavy atom. The SMILES string of the molecule is O=C(NCCNC(=O)c1ccc(Cl)s1)c1ccc(O[C@H]2CC[C@@H](C(=O)O)CC2)cc1. The van der Waals surface area contributed by atoms with Crippen molar-refractivity contribution < 1.29 is 24.2 Å². The molecule has 0 unspecified atom stereocenters. The molecule has 0 bridgehead atoms. The summed E-state index contributed by atoms with van der Waals surface area (Å²) in [7, 11) is 0. The van der Waals surface area contributed by atoms with Crippen LogP contribution in [-0.2, 0) is 4.79 Å². The van der Waals surface area contributed by atoms with Crippen LogP contribution in [0.2, 0.25) is 4.34 Å². The van der Waals surface area contributed by atoms with E-state index in [-0.39, 0.29) is 23.8 Å². The molecule has 1 saturated carbocycles. The predicted octanol–water partition coefficient (Wildman–Crippen LogP) is 3.58. The highest BCUT2D eigenvalue weighted by atomic mass is 35.5. The van der Waals surface area contributed by atoms with Gasteiger partial charge in [0.05, 0.1) is 21.2 Å². The highest BCUT2D eigenvalue weighted by Crippen LogP contribution is 2.28. The van der Waals surface area contributed by atoms with Gasteiger partial charge >= 0.3 is 5.97 Å². The second kappa shape index (κ2) is 10.4. The van der Waals surface area contributed by atoms with E-state index in [0.717, 1.165) is 0 Å². The van der Waals surface area contributed by atoms with Crippen molar-refractivity contribution in [1.29, 1.82) is 0 Å². The number of hydrogen-bond donors (Lipinski definition) is 3. The maximum absolute atomic E-state index is 12.2. The molecule has 1 aliphatic carbocycles. The molecule has 0 radical (unpaired) electrons. The lowest BCUT2D eigenvalue weighted by atomic mass is 9.87. The van der Waals surface area contributed by atoms with E-state index in [4.69, 9.17) is 21.4 Å². The molecule has 0 saturated heterocycles. The number of carboxylic acids is 1. The number of halogens is 1. The maximum Gasteiger partial charge on any atom is 0.306 e.